The third kappa shape index (κ3) is 5.97. The number of anilines is 2. The second-order valence-corrected chi connectivity index (χ2v) is 7.59. The highest BCUT2D eigenvalue weighted by atomic mass is 32.2. The molecule has 1 atom stereocenters. The fourth-order valence-electron chi connectivity index (χ4n) is 2.29. The van der Waals surface area contributed by atoms with Gasteiger partial charge in [0.2, 0.25) is 5.91 Å². The normalized spacial score (nSPS) is 13.1. The summed E-state index contributed by atoms with van der Waals surface area (Å²) in [6.07, 6.45) is -4.77. The van der Waals surface area contributed by atoms with Gasteiger partial charge in [0.15, 0.2) is 4.93 Å². The first kappa shape index (κ1) is 22.3. The Morgan fingerprint density at radius 2 is 1.66 bits per heavy atom. The van der Waals surface area contributed by atoms with Crippen LogP contribution in [0.1, 0.15) is 25.0 Å². The molecule has 2 aromatic rings. The molecule has 0 aliphatic carbocycles. The zero-order chi connectivity index (χ0) is 21.8. The van der Waals surface area contributed by atoms with Crippen molar-refractivity contribution < 1.29 is 27.9 Å². The van der Waals surface area contributed by atoms with E-state index < -0.39 is 28.1 Å². The molecular weight excluding hydrogens is 407 g/mol. The standard InChI is InChI=1S/C19H16F3N3O3S/c1-11(26)24-13-5-7-15(8-6-13)29-18(2,28)17(27)25-14-4-3-12(10-23)16(9-14)19(20,21)22/h3-9,28H,1-2H3,(H,24,26)(H,25,27)/t18-/m1/s1. The molecular formula is C19H16F3N3O3S. The Labute approximate surface area is 168 Å². The number of rotatable bonds is 5. The van der Waals surface area contributed by atoms with Crippen LogP contribution in [0.5, 0.6) is 0 Å². The van der Waals surface area contributed by atoms with E-state index in [0.29, 0.717) is 16.6 Å². The minimum absolute atomic E-state index is 0.205. The number of hydrogen-bond acceptors (Lipinski definition) is 5. The topological polar surface area (TPSA) is 102 Å². The lowest BCUT2D eigenvalue weighted by atomic mass is 10.1. The molecule has 10 heteroatoms. The van der Waals surface area contributed by atoms with E-state index in [4.69, 9.17) is 5.26 Å². The number of hydrogen-bond donors (Lipinski definition) is 3. The number of nitrogens with one attached hydrogen (secondary N) is 2. The van der Waals surface area contributed by atoms with E-state index in [1.54, 1.807) is 24.3 Å². The molecule has 0 aliphatic heterocycles. The number of halogens is 3. The van der Waals surface area contributed by atoms with E-state index in [0.717, 1.165) is 23.9 Å². The number of nitrogens with zero attached hydrogens (tertiary/aromatic N) is 1. The van der Waals surface area contributed by atoms with Gasteiger partial charge >= 0.3 is 6.18 Å². The molecule has 0 fully saturated rings. The van der Waals surface area contributed by atoms with Crippen LogP contribution < -0.4 is 10.6 Å². The van der Waals surface area contributed by atoms with Crippen LogP contribution in [0.3, 0.4) is 0 Å². The highest BCUT2D eigenvalue weighted by Crippen LogP contribution is 2.35. The second kappa shape index (κ2) is 8.55. The van der Waals surface area contributed by atoms with E-state index in [2.05, 4.69) is 10.6 Å². The lowest BCUT2D eigenvalue weighted by Crippen LogP contribution is -2.36. The molecule has 3 N–H and O–H groups in total. The number of nitriles is 1. The molecule has 0 heterocycles. The van der Waals surface area contributed by atoms with Gasteiger partial charge < -0.3 is 15.7 Å². The van der Waals surface area contributed by atoms with Gasteiger partial charge in [0.1, 0.15) is 0 Å². The maximum Gasteiger partial charge on any atom is 0.417 e. The van der Waals surface area contributed by atoms with Gasteiger partial charge in [-0.3, -0.25) is 9.59 Å². The van der Waals surface area contributed by atoms with Crippen LogP contribution in [0, 0.1) is 11.3 Å². The Balaban J connectivity index is 2.15. The number of carbonyl (C=O) groups is 2. The van der Waals surface area contributed by atoms with Crippen molar-refractivity contribution in [2.45, 2.75) is 29.9 Å². The molecule has 0 saturated heterocycles. The fraction of sp³-hybridized carbons (Fsp3) is 0.211. The molecule has 2 rings (SSSR count). The Morgan fingerprint density at radius 3 is 2.17 bits per heavy atom. The van der Waals surface area contributed by atoms with E-state index in [9.17, 15) is 27.9 Å². The first-order valence-electron chi connectivity index (χ1n) is 8.14. The molecule has 2 amide bonds. The predicted octanol–water partition coefficient (Wildman–Crippen LogP) is 3.97. The molecule has 29 heavy (non-hydrogen) atoms. The van der Waals surface area contributed by atoms with Crippen LogP contribution in [-0.4, -0.2) is 21.9 Å². The maximum atomic E-state index is 13.0. The van der Waals surface area contributed by atoms with E-state index in [-0.39, 0.29) is 11.6 Å². The number of carbonyl (C=O) groups excluding carboxylic acids is 2. The average Bonchev–Trinajstić information content (AvgIpc) is 2.62. The molecule has 0 unspecified atom stereocenters. The van der Waals surface area contributed by atoms with Crippen LogP contribution in [0.25, 0.3) is 0 Å². The maximum absolute atomic E-state index is 13.0. The Hall–Kier alpha value is -3.03. The van der Waals surface area contributed by atoms with E-state index in [1.165, 1.54) is 19.9 Å². The smallest absolute Gasteiger partial charge is 0.371 e. The van der Waals surface area contributed by atoms with Crippen LogP contribution in [0.2, 0.25) is 0 Å². The van der Waals surface area contributed by atoms with Crippen LogP contribution >= 0.6 is 11.8 Å². The third-order valence-electron chi connectivity index (χ3n) is 3.62. The zero-order valence-corrected chi connectivity index (χ0v) is 16.1. The van der Waals surface area contributed by atoms with Crippen molar-refractivity contribution in [3.05, 3.63) is 53.6 Å². The predicted molar refractivity (Wildman–Crippen MR) is 102 cm³/mol. The van der Waals surface area contributed by atoms with Gasteiger partial charge in [-0.1, -0.05) is 11.8 Å². The lowest BCUT2D eigenvalue weighted by molar-refractivity contribution is -0.137. The van der Waals surface area contributed by atoms with Crippen LogP contribution in [0.15, 0.2) is 47.4 Å². The first-order chi connectivity index (χ1) is 13.4. The summed E-state index contributed by atoms with van der Waals surface area (Å²) in [5, 5.41) is 24.1. The van der Waals surface area contributed by atoms with Gasteiger partial charge in [0.05, 0.1) is 17.2 Å². The van der Waals surface area contributed by atoms with Crippen molar-refractivity contribution in [3.63, 3.8) is 0 Å². The summed E-state index contributed by atoms with van der Waals surface area (Å²) in [7, 11) is 0. The monoisotopic (exact) mass is 423 g/mol. The van der Waals surface area contributed by atoms with Crippen molar-refractivity contribution >= 4 is 35.0 Å². The summed E-state index contributed by atoms with van der Waals surface area (Å²) in [4.78, 5) is 21.9. The number of thioether (sulfide) groups is 1. The summed E-state index contributed by atoms with van der Waals surface area (Å²) in [6, 6.07) is 10.5. The summed E-state index contributed by atoms with van der Waals surface area (Å²) >= 11 is 0.774. The largest absolute Gasteiger partial charge is 0.417 e. The summed E-state index contributed by atoms with van der Waals surface area (Å²) in [5.41, 5.74) is -1.43. The van der Waals surface area contributed by atoms with Gasteiger partial charge in [0, 0.05) is 23.2 Å². The average molecular weight is 423 g/mol. The molecule has 0 spiro atoms. The highest BCUT2D eigenvalue weighted by Gasteiger charge is 2.35. The Morgan fingerprint density at radius 1 is 1.07 bits per heavy atom. The second-order valence-electron chi connectivity index (χ2n) is 6.11. The van der Waals surface area contributed by atoms with Gasteiger partial charge in [-0.25, -0.2) is 0 Å². The van der Waals surface area contributed by atoms with Gasteiger partial charge in [-0.05, 0) is 49.4 Å². The lowest BCUT2D eigenvalue weighted by Gasteiger charge is -2.22. The molecule has 0 bridgehead atoms. The van der Waals surface area contributed by atoms with Gasteiger partial charge in [-0.2, -0.15) is 18.4 Å². The van der Waals surface area contributed by atoms with E-state index >= 15 is 0 Å². The minimum atomic E-state index is -4.77. The fourth-order valence-corrected chi connectivity index (χ4v) is 3.16. The van der Waals surface area contributed by atoms with Crippen LogP contribution in [-0.2, 0) is 15.8 Å². The third-order valence-corrected chi connectivity index (χ3v) is 4.71. The minimum Gasteiger partial charge on any atom is -0.371 e. The molecule has 0 aliphatic rings. The van der Waals surface area contributed by atoms with Crippen molar-refractivity contribution in [1.29, 1.82) is 5.26 Å². The molecule has 0 saturated carbocycles. The number of amides is 2. The van der Waals surface area contributed by atoms with Crippen molar-refractivity contribution in [2.24, 2.45) is 0 Å². The molecule has 2 aromatic carbocycles. The molecule has 6 nitrogen and oxygen atoms in total. The Kier molecular flexibility index (Phi) is 6.56. The summed E-state index contributed by atoms with van der Waals surface area (Å²) in [5.74, 6) is -1.19. The van der Waals surface area contributed by atoms with Gasteiger partial charge in [-0.15, -0.1) is 0 Å². The highest BCUT2D eigenvalue weighted by molar-refractivity contribution is 8.01. The molecule has 0 radical (unpaired) electrons. The zero-order valence-electron chi connectivity index (χ0n) is 15.3. The quantitative estimate of drug-likeness (QED) is 0.499. The summed E-state index contributed by atoms with van der Waals surface area (Å²) < 4.78 is 39.1. The molecule has 0 aromatic heterocycles. The Bertz CT molecular complexity index is 967. The number of benzene rings is 2. The molecule has 152 valence electrons. The number of aliphatic hydroxyl groups is 1. The van der Waals surface area contributed by atoms with Crippen LogP contribution in [0.4, 0.5) is 24.5 Å². The van der Waals surface area contributed by atoms with Crippen molar-refractivity contribution in [3.8, 4) is 6.07 Å². The van der Waals surface area contributed by atoms with Gasteiger partial charge in [0.25, 0.3) is 5.91 Å². The summed E-state index contributed by atoms with van der Waals surface area (Å²) in [6.45, 7) is 2.55. The SMILES string of the molecule is CC(=O)Nc1ccc(S[C@@](C)(O)C(=O)Nc2ccc(C#N)c(C(F)(F)F)c2)cc1. The number of alkyl halides is 3. The van der Waals surface area contributed by atoms with E-state index in [1.807, 2.05) is 0 Å². The van der Waals surface area contributed by atoms with Crippen molar-refractivity contribution in [2.75, 3.05) is 10.6 Å². The van der Waals surface area contributed by atoms with Crippen molar-refractivity contribution in [1.82, 2.24) is 0 Å². The first-order valence-corrected chi connectivity index (χ1v) is 8.96.